The average Bonchev–Trinajstić information content (AvgIpc) is 2.26. The molecule has 1 nitrogen and oxygen atoms in total. The third kappa shape index (κ3) is 2.46. The lowest BCUT2D eigenvalue weighted by Gasteiger charge is -2.44. The van der Waals surface area contributed by atoms with Gasteiger partial charge in [0.15, 0.2) is 0 Å². The van der Waals surface area contributed by atoms with Crippen molar-refractivity contribution >= 4 is 12.6 Å². The maximum atomic E-state index is 4.31. The lowest BCUT2D eigenvalue weighted by atomic mass is 9.78. The Morgan fingerprint density at radius 1 is 1.07 bits per heavy atom. The molecular formula is C12H23NS. The highest BCUT2D eigenvalue weighted by molar-refractivity contribution is 7.80. The SMILES string of the molecule is SCCCN1CCC[C@H]2CCCC[C@H]21. The highest BCUT2D eigenvalue weighted by Gasteiger charge is 2.32. The van der Waals surface area contributed by atoms with Crippen molar-refractivity contribution in [3.63, 3.8) is 0 Å². The fraction of sp³-hybridized carbons (Fsp3) is 1.00. The van der Waals surface area contributed by atoms with Crippen LogP contribution in [0.1, 0.15) is 44.9 Å². The zero-order valence-corrected chi connectivity index (χ0v) is 10.0. The van der Waals surface area contributed by atoms with Crippen molar-refractivity contribution in [2.45, 2.75) is 51.0 Å². The van der Waals surface area contributed by atoms with Crippen LogP contribution in [0.2, 0.25) is 0 Å². The molecule has 0 radical (unpaired) electrons. The Morgan fingerprint density at radius 3 is 2.71 bits per heavy atom. The topological polar surface area (TPSA) is 3.24 Å². The molecule has 1 saturated heterocycles. The minimum Gasteiger partial charge on any atom is -0.300 e. The van der Waals surface area contributed by atoms with Gasteiger partial charge in [0.2, 0.25) is 0 Å². The summed E-state index contributed by atoms with van der Waals surface area (Å²) in [6.45, 7) is 2.65. The maximum absolute atomic E-state index is 4.31. The summed E-state index contributed by atoms with van der Waals surface area (Å²) in [4.78, 5) is 2.75. The van der Waals surface area contributed by atoms with Crippen LogP contribution in [0.25, 0.3) is 0 Å². The van der Waals surface area contributed by atoms with Crippen LogP contribution in [0.3, 0.4) is 0 Å². The van der Waals surface area contributed by atoms with E-state index in [0.717, 1.165) is 17.7 Å². The van der Waals surface area contributed by atoms with Crippen LogP contribution in [0.5, 0.6) is 0 Å². The molecular weight excluding hydrogens is 190 g/mol. The second-order valence-corrected chi connectivity index (χ2v) is 5.31. The van der Waals surface area contributed by atoms with Gasteiger partial charge in [-0.05, 0) is 56.9 Å². The normalized spacial score (nSPS) is 34.1. The molecule has 2 rings (SSSR count). The van der Waals surface area contributed by atoms with E-state index in [2.05, 4.69) is 17.5 Å². The summed E-state index contributed by atoms with van der Waals surface area (Å²) in [5.74, 6) is 2.09. The first-order chi connectivity index (χ1) is 6.92. The Bertz CT molecular complexity index is 170. The van der Waals surface area contributed by atoms with Crippen molar-refractivity contribution in [3.8, 4) is 0 Å². The van der Waals surface area contributed by atoms with Crippen LogP contribution in [-0.4, -0.2) is 29.8 Å². The molecule has 1 aliphatic heterocycles. The summed E-state index contributed by atoms with van der Waals surface area (Å²) in [6, 6.07) is 0.942. The van der Waals surface area contributed by atoms with Gasteiger partial charge in [0.25, 0.3) is 0 Å². The smallest absolute Gasteiger partial charge is 0.0123 e. The van der Waals surface area contributed by atoms with E-state index in [9.17, 15) is 0 Å². The Balaban J connectivity index is 1.88. The van der Waals surface area contributed by atoms with Gasteiger partial charge in [-0.25, -0.2) is 0 Å². The standard InChI is InChI=1S/C12H23NS/c14-10-4-9-13-8-3-6-11-5-1-2-7-12(11)13/h11-12,14H,1-10H2/t11-,12-/m1/s1. The van der Waals surface area contributed by atoms with E-state index in [0.29, 0.717) is 0 Å². The summed E-state index contributed by atoms with van der Waals surface area (Å²) in [6.07, 6.45) is 10.1. The summed E-state index contributed by atoms with van der Waals surface area (Å²) >= 11 is 4.31. The van der Waals surface area contributed by atoms with Gasteiger partial charge in [-0.15, -0.1) is 0 Å². The number of piperidine rings is 1. The van der Waals surface area contributed by atoms with Crippen molar-refractivity contribution in [1.29, 1.82) is 0 Å². The summed E-state index contributed by atoms with van der Waals surface area (Å²) in [5, 5.41) is 0. The zero-order chi connectivity index (χ0) is 9.80. The van der Waals surface area contributed by atoms with Crippen molar-refractivity contribution in [2.75, 3.05) is 18.8 Å². The van der Waals surface area contributed by atoms with Crippen molar-refractivity contribution in [1.82, 2.24) is 4.90 Å². The lowest BCUT2D eigenvalue weighted by Crippen LogP contribution is -2.47. The van der Waals surface area contributed by atoms with Gasteiger partial charge in [0.05, 0.1) is 0 Å². The monoisotopic (exact) mass is 213 g/mol. The average molecular weight is 213 g/mol. The fourth-order valence-electron chi connectivity index (χ4n) is 3.28. The minimum absolute atomic E-state index is 0.942. The van der Waals surface area contributed by atoms with E-state index < -0.39 is 0 Å². The molecule has 0 aromatic rings. The minimum atomic E-state index is 0.942. The number of fused-ring (bicyclic) bond motifs is 1. The van der Waals surface area contributed by atoms with Crippen molar-refractivity contribution in [2.24, 2.45) is 5.92 Å². The number of rotatable bonds is 3. The van der Waals surface area contributed by atoms with Crippen LogP contribution in [0.15, 0.2) is 0 Å². The molecule has 1 aliphatic carbocycles. The van der Waals surface area contributed by atoms with Gasteiger partial charge in [-0.3, -0.25) is 0 Å². The second-order valence-electron chi connectivity index (χ2n) is 4.87. The van der Waals surface area contributed by atoms with Crippen LogP contribution >= 0.6 is 12.6 Å². The Labute approximate surface area is 93.7 Å². The van der Waals surface area contributed by atoms with E-state index in [4.69, 9.17) is 0 Å². The maximum Gasteiger partial charge on any atom is 0.0123 e. The van der Waals surface area contributed by atoms with E-state index in [1.807, 2.05) is 0 Å². The molecule has 0 amide bonds. The second kappa shape index (κ2) is 5.41. The van der Waals surface area contributed by atoms with Crippen LogP contribution < -0.4 is 0 Å². The van der Waals surface area contributed by atoms with Crippen LogP contribution in [-0.2, 0) is 0 Å². The Hall–Kier alpha value is 0.310. The molecule has 0 unspecified atom stereocenters. The molecule has 0 bridgehead atoms. The Kier molecular flexibility index (Phi) is 4.18. The quantitative estimate of drug-likeness (QED) is 0.705. The molecule has 0 aromatic heterocycles. The van der Waals surface area contributed by atoms with Gasteiger partial charge >= 0.3 is 0 Å². The number of likely N-dealkylation sites (tertiary alicyclic amines) is 1. The molecule has 1 saturated carbocycles. The molecule has 2 heteroatoms. The highest BCUT2D eigenvalue weighted by Crippen LogP contribution is 2.35. The van der Waals surface area contributed by atoms with Gasteiger partial charge in [0, 0.05) is 6.04 Å². The molecule has 0 spiro atoms. The highest BCUT2D eigenvalue weighted by atomic mass is 32.1. The van der Waals surface area contributed by atoms with Gasteiger partial charge in [-0.1, -0.05) is 12.8 Å². The summed E-state index contributed by atoms with van der Waals surface area (Å²) in [5.41, 5.74) is 0. The molecule has 82 valence electrons. The van der Waals surface area contributed by atoms with E-state index in [-0.39, 0.29) is 0 Å². The zero-order valence-electron chi connectivity index (χ0n) is 9.12. The molecule has 2 fully saturated rings. The molecule has 0 aromatic carbocycles. The summed E-state index contributed by atoms with van der Waals surface area (Å²) < 4.78 is 0. The van der Waals surface area contributed by atoms with Crippen molar-refractivity contribution in [3.05, 3.63) is 0 Å². The van der Waals surface area contributed by atoms with E-state index in [1.54, 1.807) is 0 Å². The first-order valence-corrected chi connectivity index (χ1v) is 6.90. The number of thiol groups is 1. The molecule has 0 N–H and O–H groups in total. The fourth-order valence-corrected chi connectivity index (χ4v) is 3.42. The molecule has 2 atom stereocenters. The molecule has 1 heterocycles. The van der Waals surface area contributed by atoms with Crippen LogP contribution in [0.4, 0.5) is 0 Å². The number of hydrogen-bond acceptors (Lipinski definition) is 2. The largest absolute Gasteiger partial charge is 0.300 e. The van der Waals surface area contributed by atoms with Crippen LogP contribution in [0, 0.1) is 5.92 Å². The lowest BCUT2D eigenvalue weighted by molar-refractivity contribution is 0.0614. The molecule has 14 heavy (non-hydrogen) atoms. The predicted octanol–water partition coefficient (Wildman–Crippen LogP) is 2.96. The third-order valence-corrected chi connectivity index (χ3v) is 4.28. The first-order valence-electron chi connectivity index (χ1n) is 6.26. The number of nitrogens with zero attached hydrogens (tertiary/aromatic N) is 1. The van der Waals surface area contributed by atoms with Crippen molar-refractivity contribution < 1.29 is 0 Å². The number of hydrogen-bond donors (Lipinski definition) is 1. The van der Waals surface area contributed by atoms with E-state index in [1.165, 1.54) is 58.0 Å². The van der Waals surface area contributed by atoms with E-state index >= 15 is 0 Å². The third-order valence-electron chi connectivity index (χ3n) is 3.96. The van der Waals surface area contributed by atoms with Gasteiger partial charge in [-0.2, -0.15) is 12.6 Å². The van der Waals surface area contributed by atoms with Gasteiger partial charge in [0.1, 0.15) is 0 Å². The first kappa shape index (κ1) is 10.8. The van der Waals surface area contributed by atoms with Gasteiger partial charge < -0.3 is 4.90 Å². The predicted molar refractivity (Wildman–Crippen MR) is 65.0 cm³/mol. The molecule has 2 aliphatic rings. The summed E-state index contributed by atoms with van der Waals surface area (Å²) in [7, 11) is 0. The Morgan fingerprint density at radius 2 is 1.86 bits per heavy atom.